The van der Waals surface area contributed by atoms with Gasteiger partial charge in [-0.1, -0.05) is 38.1 Å². The monoisotopic (exact) mass is 512 g/mol. The molecule has 1 saturated heterocycles. The molecule has 2 aromatic rings. The molecule has 0 aliphatic carbocycles. The van der Waals surface area contributed by atoms with E-state index >= 15 is 0 Å². The first-order valence-electron chi connectivity index (χ1n) is 12.8. The average molecular weight is 513 g/mol. The number of urea groups is 1. The second kappa shape index (κ2) is 11.2. The summed E-state index contributed by atoms with van der Waals surface area (Å²) >= 11 is 0. The quantitative estimate of drug-likeness (QED) is 0.347. The van der Waals surface area contributed by atoms with Crippen LogP contribution < -0.4 is 5.73 Å². The number of tetrazole rings is 1. The maximum Gasteiger partial charge on any atom is 0.328 e. The first kappa shape index (κ1) is 26.5. The van der Waals surface area contributed by atoms with Crippen molar-refractivity contribution in [3.8, 4) is 0 Å². The molecular formula is C24H36N10O3. The fourth-order valence-electron chi connectivity index (χ4n) is 5.23. The number of amidine groups is 1. The van der Waals surface area contributed by atoms with Gasteiger partial charge in [0, 0.05) is 31.9 Å². The number of hydrogen-bond acceptors (Lipinski definition) is 10. The van der Waals surface area contributed by atoms with Gasteiger partial charge < -0.3 is 10.8 Å². The van der Waals surface area contributed by atoms with E-state index in [-0.39, 0.29) is 25.0 Å². The Balaban J connectivity index is 1.79. The minimum atomic E-state index is -1.12. The number of fused-ring (bicyclic) bond motifs is 1. The summed E-state index contributed by atoms with van der Waals surface area (Å²) in [5.74, 6) is 0.688. The molecule has 2 aliphatic heterocycles. The first-order chi connectivity index (χ1) is 17.9. The number of rotatable bonds is 12. The van der Waals surface area contributed by atoms with Crippen LogP contribution in [-0.2, 0) is 17.6 Å². The Kier molecular flexibility index (Phi) is 8.03. The van der Waals surface area contributed by atoms with Crippen LogP contribution in [0.3, 0.4) is 0 Å². The number of nitrogens with two attached hydrogens (primary N) is 1. The van der Waals surface area contributed by atoms with Gasteiger partial charge in [-0.3, -0.25) is 19.6 Å². The van der Waals surface area contributed by atoms with E-state index in [0.29, 0.717) is 62.8 Å². The van der Waals surface area contributed by atoms with Crippen molar-refractivity contribution in [3.63, 3.8) is 0 Å². The molecule has 13 nitrogen and oxygen atoms in total. The number of hydrazine groups is 1. The Labute approximate surface area is 216 Å². The third-order valence-corrected chi connectivity index (χ3v) is 7.00. The molecule has 2 atom stereocenters. The average Bonchev–Trinajstić information content (AvgIpc) is 3.53. The molecule has 0 spiro atoms. The number of imide groups is 1. The SMILES string of the molecule is CCCN1C(=O)C2N(N(CC)CCO)C(Cc3nn[nH]n3)=NC2(CC)N(CCc2ccc(N)cc2)C1=O. The Morgan fingerprint density at radius 3 is 2.51 bits per heavy atom. The number of nitrogens with one attached hydrogen (secondary N) is 1. The highest BCUT2D eigenvalue weighted by molar-refractivity contribution is 6.05. The first-order valence-corrected chi connectivity index (χ1v) is 12.8. The van der Waals surface area contributed by atoms with Crippen molar-refractivity contribution in [2.45, 2.75) is 58.2 Å². The highest BCUT2D eigenvalue weighted by Gasteiger charge is 2.62. The number of anilines is 1. The van der Waals surface area contributed by atoms with Crippen molar-refractivity contribution in [2.24, 2.45) is 4.99 Å². The third-order valence-electron chi connectivity index (χ3n) is 7.00. The van der Waals surface area contributed by atoms with Crippen molar-refractivity contribution in [1.29, 1.82) is 0 Å². The summed E-state index contributed by atoms with van der Waals surface area (Å²) in [5.41, 5.74) is 6.44. The second-order valence-electron chi connectivity index (χ2n) is 9.20. The number of aliphatic hydroxyl groups excluding tert-OH is 1. The lowest BCUT2D eigenvalue weighted by molar-refractivity contribution is -0.151. The normalized spacial score (nSPS) is 21.7. The van der Waals surface area contributed by atoms with E-state index in [4.69, 9.17) is 10.7 Å². The molecule has 4 N–H and O–H groups in total. The molecule has 1 aromatic carbocycles. The molecule has 37 heavy (non-hydrogen) atoms. The van der Waals surface area contributed by atoms with E-state index < -0.39 is 11.7 Å². The van der Waals surface area contributed by atoms with Crippen LogP contribution in [0, 0.1) is 0 Å². The standard InChI is InChI=1S/C24H36N10O3/c1-4-12-32-22(36)21-24(5-2,33(23(32)37)13-11-17-7-9-18(25)10-8-17)26-20(16-19-27-29-30-28-19)34(21)31(6-3)14-15-35/h7-10,21,35H,4-6,11-16,25H2,1-3H3,(H,27,28,29,30). The lowest BCUT2D eigenvalue weighted by Gasteiger charge is -2.51. The number of aromatic nitrogens is 4. The predicted molar refractivity (Wildman–Crippen MR) is 137 cm³/mol. The molecule has 1 aromatic heterocycles. The maximum atomic E-state index is 14.0. The summed E-state index contributed by atoms with van der Waals surface area (Å²) in [5, 5.41) is 27.8. The van der Waals surface area contributed by atoms with Gasteiger partial charge in [0.1, 0.15) is 5.84 Å². The minimum Gasteiger partial charge on any atom is -0.399 e. The molecule has 0 radical (unpaired) electrons. The molecule has 2 unspecified atom stereocenters. The summed E-state index contributed by atoms with van der Waals surface area (Å²) < 4.78 is 0. The van der Waals surface area contributed by atoms with Gasteiger partial charge in [0.25, 0.3) is 5.91 Å². The lowest BCUT2D eigenvalue weighted by Crippen LogP contribution is -2.74. The van der Waals surface area contributed by atoms with E-state index in [0.717, 1.165) is 5.56 Å². The summed E-state index contributed by atoms with van der Waals surface area (Å²) in [6.07, 6.45) is 1.87. The third kappa shape index (κ3) is 4.88. The van der Waals surface area contributed by atoms with Crippen molar-refractivity contribution in [2.75, 3.05) is 38.5 Å². The number of aliphatic imine (C=N–C) groups is 1. The fraction of sp³-hybridized carbons (Fsp3) is 0.583. The number of nitrogen functional groups attached to an aromatic ring is 1. The molecule has 200 valence electrons. The summed E-state index contributed by atoms with van der Waals surface area (Å²) in [6.45, 7) is 7.26. The van der Waals surface area contributed by atoms with E-state index in [1.807, 2.05) is 55.1 Å². The zero-order valence-electron chi connectivity index (χ0n) is 21.7. The number of amides is 3. The van der Waals surface area contributed by atoms with Crippen molar-refractivity contribution in [1.82, 2.24) is 40.4 Å². The number of benzene rings is 1. The Bertz CT molecular complexity index is 1110. The van der Waals surface area contributed by atoms with E-state index in [1.165, 1.54) is 4.90 Å². The topological polar surface area (TPSA) is 160 Å². The van der Waals surface area contributed by atoms with Crippen LogP contribution in [-0.4, -0.2) is 108 Å². The zero-order valence-corrected chi connectivity index (χ0v) is 21.7. The van der Waals surface area contributed by atoms with Gasteiger partial charge in [-0.25, -0.2) is 14.8 Å². The van der Waals surface area contributed by atoms with Gasteiger partial charge in [0.15, 0.2) is 17.5 Å². The van der Waals surface area contributed by atoms with Gasteiger partial charge in [0.2, 0.25) is 0 Å². The smallest absolute Gasteiger partial charge is 0.328 e. The molecular weight excluding hydrogens is 476 g/mol. The van der Waals surface area contributed by atoms with E-state index in [1.54, 1.807) is 4.90 Å². The number of H-pyrrole nitrogens is 1. The molecule has 3 amide bonds. The highest BCUT2D eigenvalue weighted by atomic mass is 16.3. The number of carbonyl (C=O) groups is 2. The Morgan fingerprint density at radius 1 is 1.16 bits per heavy atom. The summed E-state index contributed by atoms with van der Waals surface area (Å²) in [4.78, 5) is 36.0. The van der Waals surface area contributed by atoms with Crippen LogP contribution in [0.15, 0.2) is 29.3 Å². The zero-order chi connectivity index (χ0) is 26.6. The molecule has 13 heteroatoms. The molecule has 0 bridgehead atoms. The van der Waals surface area contributed by atoms with E-state index in [2.05, 4.69) is 20.6 Å². The van der Waals surface area contributed by atoms with Crippen molar-refractivity contribution in [3.05, 3.63) is 35.7 Å². The van der Waals surface area contributed by atoms with Gasteiger partial charge in [-0.15, -0.1) is 10.2 Å². The molecule has 1 fully saturated rings. The summed E-state index contributed by atoms with van der Waals surface area (Å²) in [6, 6.07) is 6.45. The van der Waals surface area contributed by atoms with Crippen LogP contribution in [0.2, 0.25) is 0 Å². The largest absolute Gasteiger partial charge is 0.399 e. The number of nitrogens with zero attached hydrogens (tertiary/aromatic N) is 8. The fourth-order valence-corrected chi connectivity index (χ4v) is 5.23. The maximum absolute atomic E-state index is 14.0. The van der Waals surface area contributed by atoms with Crippen LogP contribution in [0.25, 0.3) is 0 Å². The van der Waals surface area contributed by atoms with Gasteiger partial charge in [-0.05, 0) is 37.0 Å². The second-order valence-corrected chi connectivity index (χ2v) is 9.20. The molecule has 2 aliphatic rings. The number of aliphatic hydroxyl groups is 1. The van der Waals surface area contributed by atoms with Crippen LogP contribution in [0.4, 0.5) is 10.5 Å². The number of likely N-dealkylation sites (N-methyl/N-ethyl adjacent to an activating group) is 1. The summed E-state index contributed by atoms with van der Waals surface area (Å²) in [7, 11) is 0. The molecule has 3 heterocycles. The van der Waals surface area contributed by atoms with Gasteiger partial charge in [0.05, 0.1) is 13.0 Å². The van der Waals surface area contributed by atoms with Gasteiger partial charge in [-0.2, -0.15) is 5.21 Å². The van der Waals surface area contributed by atoms with Crippen molar-refractivity contribution < 1.29 is 14.7 Å². The highest BCUT2D eigenvalue weighted by Crippen LogP contribution is 2.41. The number of hydrogen-bond donors (Lipinski definition) is 3. The predicted octanol–water partition coefficient (Wildman–Crippen LogP) is 0.660. The molecule has 4 rings (SSSR count). The minimum absolute atomic E-state index is 0.0989. The van der Waals surface area contributed by atoms with Crippen LogP contribution >= 0.6 is 0 Å². The molecule has 0 saturated carbocycles. The van der Waals surface area contributed by atoms with Crippen LogP contribution in [0.5, 0.6) is 0 Å². The number of aromatic amines is 1. The lowest BCUT2D eigenvalue weighted by atomic mass is 9.91. The van der Waals surface area contributed by atoms with Gasteiger partial charge >= 0.3 is 6.03 Å². The van der Waals surface area contributed by atoms with E-state index in [9.17, 15) is 14.7 Å². The van der Waals surface area contributed by atoms with Crippen LogP contribution in [0.1, 0.15) is 45.0 Å². The Morgan fingerprint density at radius 2 is 1.92 bits per heavy atom. The van der Waals surface area contributed by atoms with Crippen molar-refractivity contribution >= 4 is 23.5 Å². The number of carbonyl (C=O) groups excluding carboxylic acids is 2. The Hall–Kier alpha value is -3.58.